The van der Waals surface area contributed by atoms with Crippen molar-refractivity contribution in [3.8, 4) is 0 Å². The third-order valence-corrected chi connectivity index (χ3v) is 3.53. The molecule has 1 rings (SSSR count). The van der Waals surface area contributed by atoms with E-state index in [0.29, 0.717) is 0 Å². The summed E-state index contributed by atoms with van der Waals surface area (Å²) in [5, 5.41) is 2.05. The van der Waals surface area contributed by atoms with E-state index in [4.69, 9.17) is 12.2 Å². The van der Waals surface area contributed by atoms with Crippen LogP contribution in [-0.2, 0) is 0 Å². The minimum atomic E-state index is 0.942. The lowest BCUT2D eigenvalue weighted by Gasteiger charge is -2.19. The summed E-state index contributed by atoms with van der Waals surface area (Å²) in [5.41, 5.74) is 1.21. The predicted molar refractivity (Wildman–Crippen MR) is 78.6 cm³/mol. The summed E-state index contributed by atoms with van der Waals surface area (Å²) in [6, 6.07) is 10.3. The molecule has 0 fully saturated rings. The fraction of sp³-hybridized carbons (Fsp3) is 0.308. The van der Waals surface area contributed by atoms with Gasteiger partial charge in [0.25, 0.3) is 0 Å². The van der Waals surface area contributed by atoms with Gasteiger partial charge >= 0.3 is 0 Å². The van der Waals surface area contributed by atoms with Crippen LogP contribution in [0.2, 0.25) is 0 Å². The molecule has 0 spiro atoms. The van der Waals surface area contributed by atoms with E-state index in [1.54, 1.807) is 11.8 Å². The van der Waals surface area contributed by atoms with E-state index >= 15 is 0 Å². The van der Waals surface area contributed by atoms with Crippen LogP contribution in [-0.4, -0.2) is 22.3 Å². The summed E-state index contributed by atoms with van der Waals surface area (Å²) >= 11 is 6.93. The molecule has 1 nitrogen and oxygen atoms in total. The van der Waals surface area contributed by atoms with Crippen LogP contribution in [0.4, 0.5) is 0 Å². The van der Waals surface area contributed by atoms with Crippen LogP contribution in [0.5, 0.6) is 0 Å². The normalized spacial score (nSPS) is 10.6. The quantitative estimate of drug-likeness (QED) is 0.744. The molecule has 0 aliphatic carbocycles. The predicted octanol–water partition coefficient (Wildman–Crippen LogP) is 4.02. The number of thiocarbonyl (C=S) groups is 1. The SMILES string of the molecule is CCN(CC)C(=S)S/C=C\c1ccccc1. The van der Waals surface area contributed by atoms with E-state index in [2.05, 4.69) is 42.4 Å². The molecule has 0 aliphatic heterocycles. The molecule has 0 unspecified atom stereocenters. The summed E-state index contributed by atoms with van der Waals surface area (Å²) in [6.45, 7) is 6.19. The maximum absolute atomic E-state index is 5.33. The fourth-order valence-corrected chi connectivity index (χ4v) is 2.47. The van der Waals surface area contributed by atoms with E-state index in [0.717, 1.165) is 17.4 Å². The first-order valence-electron chi connectivity index (χ1n) is 5.45. The first-order valence-corrected chi connectivity index (χ1v) is 6.73. The Kier molecular flexibility index (Phi) is 6.19. The molecule has 0 aromatic heterocycles. The molecule has 0 N–H and O–H groups in total. The van der Waals surface area contributed by atoms with Gasteiger partial charge in [0.1, 0.15) is 4.32 Å². The van der Waals surface area contributed by atoms with Crippen LogP contribution >= 0.6 is 24.0 Å². The van der Waals surface area contributed by atoms with Crippen LogP contribution in [0.25, 0.3) is 6.08 Å². The maximum Gasteiger partial charge on any atom is 0.140 e. The van der Waals surface area contributed by atoms with Gasteiger partial charge in [-0.1, -0.05) is 54.3 Å². The van der Waals surface area contributed by atoms with Crippen LogP contribution in [0.15, 0.2) is 35.7 Å². The van der Waals surface area contributed by atoms with Gasteiger partial charge in [-0.3, -0.25) is 0 Å². The molecule has 0 saturated heterocycles. The topological polar surface area (TPSA) is 3.24 Å². The first-order chi connectivity index (χ1) is 7.77. The van der Waals surface area contributed by atoms with Crippen molar-refractivity contribution in [3.05, 3.63) is 41.3 Å². The van der Waals surface area contributed by atoms with Crippen molar-refractivity contribution < 1.29 is 0 Å². The van der Waals surface area contributed by atoms with Gasteiger partial charge in [0.05, 0.1) is 0 Å². The Balaban J connectivity index is 2.45. The molecule has 0 saturated carbocycles. The third-order valence-electron chi connectivity index (χ3n) is 2.25. The van der Waals surface area contributed by atoms with Crippen LogP contribution in [0.3, 0.4) is 0 Å². The molecule has 16 heavy (non-hydrogen) atoms. The van der Waals surface area contributed by atoms with Crippen molar-refractivity contribution in [2.45, 2.75) is 13.8 Å². The molecule has 1 aromatic rings. The number of rotatable bonds is 4. The highest BCUT2D eigenvalue weighted by Gasteiger charge is 2.02. The lowest BCUT2D eigenvalue weighted by molar-refractivity contribution is 0.482. The van der Waals surface area contributed by atoms with Crippen LogP contribution in [0, 0.1) is 0 Å². The third kappa shape index (κ3) is 4.37. The molecule has 0 amide bonds. The first kappa shape index (κ1) is 13.3. The minimum Gasteiger partial charge on any atom is -0.358 e. The number of nitrogens with zero attached hydrogens (tertiary/aromatic N) is 1. The van der Waals surface area contributed by atoms with Gasteiger partial charge in [-0.25, -0.2) is 0 Å². The highest BCUT2D eigenvalue weighted by molar-refractivity contribution is 8.24. The largest absolute Gasteiger partial charge is 0.358 e. The van der Waals surface area contributed by atoms with Crippen molar-refractivity contribution in [2.24, 2.45) is 0 Å². The van der Waals surface area contributed by atoms with Crippen molar-refractivity contribution in [2.75, 3.05) is 13.1 Å². The highest BCUT2D eigenvalue weighted by Crippen LogP contribution is 2.13. The molecule has 0 radical (unpaired) electrons. The molecule has 0 bridgehead atoms. The van der Waals surface area contributed by atoms with Gasteiger partial charge in [-0.2, -0.15) is 0 Å². The van der Waals surface area contributed by atoms with Gasteiger partial charge in [0.2, 0.25) is 0 Å². The highest BCUT2D eigenvalue weighted by atomic mass is 32.2. The Hall–Kier alpha value is -0.800. The Bertz CT molecular complexity index is 342. The zero-order valence-electron chi connectivity index (χ0n) is 9.72. The summed E-state index contributed by atoms with van der Waals surface area (Å²) in [7, 11) is 0. The van der Waals surface area contributed by atoms with Crippen molar-refractivity contribution >= 4 is 34.4 Å². The second-order valence-corrected chi connectivity index (χ2v) is 4.81. The van der Waals surface area contributed by atoms with Gasteiger partial charge in [-0.15, -0.1) is 0 Å². The van der Waals surface area contributed by atoms with E-state index in [9.17, 15) is 0 Å². The number of benzene rings is 1. The zero-order valence-corrected chi connectivity index (χ0v) is 11.4. The molecule has 0 heterocycles. The van der Waals surface area contributed by atoms with Crippen molar-refractivity contribution in [3.63, 3.8) is 0 Å². The molecular formula is C13H17NS2. The molecule has 86 valence electrons. The summed E-state index contributed by atoms with van der Waals surface area (Å²) in [5.74, 6) is 0. The molecule has 1 aromatic carbocycles. The second-order valence-electron chi connectivity index (χ2n) is 3.27. The Morgan fingerprint density at radius 1 is 1.25 bits per heavy atom. The number of thioether (sulfide) groups is 1. The lowest BCUT2D eigenvalue weighted by Crippen LogP contribution is -2.26. The van der Waals surface area contributed by atoms with Crippen molar-refractivity contribution in [1.29, 1.82) is 0 Å². The Morgan fingerprint density at radius 2 is 1.88 bits per heavy atom. The summed E-state index contributed by atoms with van der Waals surface area (Å²) in [6.07, 6.45) is 2.08. The average Bonchev–Trinajstić information content (AvgIpc) is 2.32. The van der Waals surface area contributed by atoms with Gasteiger partial charge in [-0.05, 0) is 30.9 Å². The van der Waals surface area contributed by atoms with E-state index in [1.165, 1.54) is 5.56 Å². The zero-order chi connectivity index (χ0) is 11.8. The number of hydrogen-bond acceptors (Lipinski definition) is 2. The second kappa shape index (κ2) is 7.47. The van der Waals surface area contributed by atoms with Crippen LogP contribution < -0.4 is 0 Å². The van der Waals surface area contributed by atoms with E-state index in [1.807, 2.05) is 18.2 Å². The standard InChI is InChI=1S/C13H17NS2/c1-3-14(4-2)13(15)16-11-10-12-8-6-5-7-9-12/h5-11H,3-4H2,1-2H3/b11-10-. The average molecular weight is 251 g/mol. The monoisotopic (exact) mass is 251 g/mol. The molecule has 3 heteroatoms. The van der Waals surface area contributed by atoms with Crippen molar-refractivity contribution in [1.82, 2.24) is 4.90 Å². The van der Waals surface area contributed by atoms with E-state index < -0.39 is 0 Å². The smallest absolute Gasteiger partial charge is 0.140 e. The fourth-order valence-electron chi connectivity index (χ4n) is 1.29. The summed E-state index contributed by atoms with van der Waals surface area (Å²) < 4.78 is 0.942. The molecule has 0 aliphatic rings. The van der Waals surface area contributed by atoms with Crippen LogP contribution in [0.1, 0.15) is 19.4 Å². The van der Waals surface area contributed by atoms with Gasteiger partial charge < -0.3 is 4.90 Å². The van der Waals surface area contributed by atoms with Gasteiger partial charge in [0.15, 0.2) is 0 Å². The van der Waals surface area contributed by atoms with Gasteiger partial charge in [0, 0.05) is 13.1 Å². The summed E-state index contributed by atoms with van der Waals surface area (Å²) in [4.78, 5) is 2.18. The number of hydrogen-bond donors (Lipinski definition) is 0. The Morgan fingerprint density at radius 3 is 2.44 bits per heavy atom. The molecular weight excluding hydrogens is 234 g/mol. The lowest BCUT2D eigenvalue weighted by atomic mass is 10.2. The maximum atomic E-state index is 5.33. The molecule has 0 atom stereocenters. The van der Waals surface area contributed by atoms with E-state index in [-0.39, 0.29) is 0 Å². The Labute approximate surface area is 108 Å². The minimum absolute atomic E-state index is 0.942.